The van der Waals surface area contributed by atoms with Gasteiger partial charge in [0.2, 0.25) is 5.91 Å². The second-order valence-electron chi connectivity index (χ2n) is 9.82. The number of carbonyl (C=O) groups excluding carboxylic acids is 1. The second-order valence-corrected chi connectivity index (χ2v) is 9.82. The number of amides is 1. The number of nitrogens with zero attached hydrogens (tertiary/aromatic N) is 4. The van der Waals surface area contributed by atoms with Gasteiger partial charge in [-0.3, -0.25) is 9.78 Å². The molecule has 188 valence electrons. The van der Waals surface area contributed by atoms with E-state index in [1.54, 1.807) is 19.3 Å². The summed E-state index contributed by atoms with van der Waals surface area (Å²) in [5.41, 5.74) is 15.3. The molecule has 37 heavy (non-hydrogen) atoms. The van der Waals surface area contributed by atoms with Gasteiger partial charge >= 0.3 is 0 Å². The molecule has 0 saturated carbocycles. The Bertz CT molecular complexity index is 1490. The number of pyridine rings is 1. The first-order valence-corrected chi connectivity index (χ1v) is 12.4. The van der Waals surface area contributed by atoms with Crippen molar-refractivity contribution in [1.82, 2.24) is 24.7 Å². The van der Waals surface area contributed by atoms with E-state index in [2.05, 4.69) is 37.8 Å². The Labute approximate surface area is 215 Å². The number of primary amides is 1. The van der Waals surface area contributed by atoms with E-state index in [0.717, 1.165) is 39.2 Å². The van der Waals surface area contributed by atoms with Crippen LogP contribution >= 0.6 is 0 Å². The van der Waals surface area contributed by atoms with Gasteiger partial charge in [-0.2, -0.15) is 0 Å². The van der Waals surface area contributed by atoms with Gasteiger partial charge in [0.15, 0.2) is 0 Å². The number of nitrogens with two attached hydrogens (primary N) is 2. The maximum Gasteiger partial charge on any atom is 0.237 e. The molecule has 0 spiro atoms. The summed E-state index contributed by atoms with van der Waals surface area (Å²) in [6.45, 7) is 2.27. The fraction of sp³-hybridized carbons (Fsp3) is 0.241. The Hall–Kier alpha value is -4.30. The molecule has 5 rings (SSSR count). The molecule has 8 nitrogen and oxygen atoms in total. The Balaban J connectivity index is 1.58. The van der Waals surface area contributed by atoms with Gasteiger partial charge in [-0.1, -0.05) is 48.5 Å². The minimum absolute atomic E-state index is 0.194. The molecule has 8 heteroatoms. The normalized spacial score (nSPS) is 13.9. The standard InChI is InChI=1S/C29H31N7O/c1-29(31,28(30)37)17-22(16-23-18-33-25-10-6-5-9-24(23)25)27-35-34-26(15-20-7-3-2-4-8-20)36(27)19-21-11-13-32-14-12-21/h2-14,18,22,33H,15-17,19,31H2,1H3,(H2,30,37)/t22-,29?/m1/s1. The van der Waals surface area contributed by atoms with Crippen LogP contribution in [0.25, 0.3) is 10.9 Å². The van der Waals surface area contributed by atoms with Crippen LogP contribution in [0.4, 0.5) is 0 Å². The van der Waals surface area contributed by atoms with Crippen molar-refractivity contribution >= 4 is 16.8 Å². The third-order valence-corrected chi connectivity index (χ3v) is 6.89. The van der Waals surface area contributed by atoms with Crippen LogP contribution in [0.1, 0.15) is 47.6 Å². The Morgan fingerprint density at radius 3 is 2.49 bits per heavy atom. The summed E-state index contributed by atoms with van der Waals surface area (Å²) < 4.78 is 2.15. The van der Waals surface area contributed by atoms with Gasteiger partial charge < -0.3 is 21.0 Å². The van der Waals surface area contributed by atoms with Crippen LogP contribution in [-0.2, 0) is 24.2 Å². The summed E-state index contributed by atoms with van der Waals surface area (Å²) in [6, 6.07) is 22.4. The number of H-pyrrole nitrogens is 1. The molecule has 3 aromatic heterocycles. The van der Waals surface area contributed by atoms with E-state index in [1.807, 2.05) is 54.7 Å². The summed E-state index contributed by atoms with van der Waals surface area (Å²) >= 11 is 0. The van der Waals surface area contributed by atoms with Crippen molar-refractivity contribution < 1.29 is 4.79 Å². The van der Waals surface area contributed by atoms with E-state index >= 15 is 0 Å². The summed E-state index contributed by atoms with van der Waals surface area (Å²) in [4.78, 5) is 19.8. The molecular formula is C29H31N7O. The van der Waals surface area contributed by atoms with Gasteiger partial charge in [0.05, 0.1) is 12.1 Å². The van der Waals surface area contributed by atoms with Crippen molar-refractivity contribution in [1.29, 1.82) is 0 Å². The van der Waals surface area contributed by atoms with Crippen LogP contribution in [0.3, 0.4) is 0 Å². The molecule has 0 aliphatic carbocycles. The molecule has 5 N–H and O–H groups in total. The molecule has 0 aliphatic heterocycles. The maximum atomic E-state index is 12.3. The SMILES string of the molecule is CC(N)(C[C@@H](Cc1c[nH]c2ccccc12)c1nnc(Cc2ccccc2)n1Cc1ccncc1)C(N)=O. The summed E-state index contributed by atoms with van der Waals surface area (Å²) in [5.74, 6) is 0.896. The number of aromatic amines is 1. The van der Waals surface area contributed by atoms with E-state index in [0.29, 0.717) is 25.8 Å². The van der Waals surface area contributed by atoms with E-state index in [-0.39, 0.29) is 5.92 Å². The maximum absolute atomic E-state index is 12.3. The molecule has 2 aromatic carbocycles. The minimum Gasteiger partial charge on any atom is -0.368 e. The molecule has 0 radical (unpaired) electrons. The quantitative estimate of drug-likeness (QED) is 0.273. The Morgan fingerprint density at radius 1 is 1.00 bits per heavy atom. The van der Waals surface area contributed by atoms with Crippen molar-refractivity contribution in [3.8, 4) is 0 Å². The van der Waals surface area contributed by atoms with Crippen molar-refractivity contribution in [2.75, 3.05) is 0 Å². The molecule has 1 amide bonds. The fourth-order valence-electron chi connectivity index (χ4n) is 4.84. The average Bonchev–Trinajstić information content (AvgIpc) is 3.49. The number of fused-ring (bicyclic) bond motifs is 1. The average molecular weight is 494 g/mol. The number of nitrogens with one attached hydrogen (secondary N) is 1. The van der Waals surface area contributed by atoms with Crippen molar-refractivity contribution in [3.05, 3.63) is 114 Å². The molecule has 0 fully saturated rings. The van der Waals surface area contributed by atoms with Crippen LogP contribution in [0.2, 0.25) is 0 Å². The van der Waals surface area contributed by atoms with Gasteiger partial charge in [-0.05, 0) is 54.7 Å². The van der Waals surface area contributed by atoms with E-state index in [4.69, 9.17) is 16.6 Å². The summed E-state index contributed by atoms with van der Waals surface area (Å²) in [5, 5.41) is 10.5. The first kappa shape index (κ1) is 24.4. The third-order valence-electron chi connectivity index (χ3n) is 6.89. The van der Waals surface area contributed by atoms with Crippen molar-refractivity contribution in [2.45, 2.75) is 44.2 Å². The van der Waals surface area contributed by atoms with Crippen LogP contribution in [0, 0.1) is 0 Å². The van der Waals surface area contributed by atoms with Crippen LogP contribution < -0.4 is 11.5 Å². The van der Waals surface area contributed by atoms with Gasteiger partial charge in [0.1, 0.15) is 11.6 Å². The van der Waals surface area contributed by atoms with Gasteiger partial charge in [-0.25, -0.2) is 0 Å². The van der Waals surface area contributed by atoms with E-state index in [1.165, 1.54) is 0 Å². The van der Waals surface area contributed by atoms with Crippen LogP contribution in [-0.4, -0.2) is 36.2 Å². The highest BCUT2D eigenvalue weighted by Gasteiger charge is 2.33. The number of benzene rings is 2. The lowest BCUT2D eigenvalue weighted by Crippen LogP contribution is -2.50. The molecular weight excluding hydrogens is 462 g/mol. The molecule has 5 aromatic rings. The topological polar surface area (TPSA) is 128 Å². The first-order valence-electron chi connectivity index (χ1n) is 12.4. The number of carbonyl (C=O) groups is 1. The highest BCUT2D eigenvalue weighted by Crippen LogP contribution is 2.32. The molecule has 0 aliphatic rings. The lowest BCUT2D eigenvalue weighted by molar-refractivity contribution is -0.122. The predicted molar refractivity (Wildman–Crippen MR) is 144 cm³/mol. The van der Waals surface area contributed by atoms with E-state index in [9.17, 15) is 4.79 Å². The van der Waals surface area contributed by atoms with Crippen molar-refractivity contribution in [2.24, 2.45) is 11.5 Å². The number of aromatic nitrogens is 5. The minimum atomic E-state index is -1.20. The summed E-state index contributed by atoms with van der Waals surface area (Å²) in [7, 11) is 0. The van der Waals surface area contributed by atoms with Crippen LogP contribution in [0.5, 0.6) is 0 Å². The van der Waals surface area contributed by atoms with Gasteiger partial charge in [-0.15, -0.1) is 10.2 Å². The summed E-state index contributed by atoms with van der Waals surface area (Å²) in [6.07, 6.45) is 7.18. The number of hydrogen-bond donors (Lipinski definition) is 3. The number of hydrogen-bond acceptors (Lipinski definition) is 5. The third kappa shape index (κ3) is 5.44. The largest absolute Gasteiger partial charge is 0.368 e. The van der Waals surface area contributed by atoms with Gasteiger partial charge in [0.25, 0.3) is 0 Å². The van der Waals surface area contributed by atoms with Crippen molar-refractivity contribution in [3.63, 3.8) is 0 Å². The highest BCUT2D eigenvalue weighted by molar-refractivity contribution is 5.84. The molecule has 0 saturated heterocycles. The van der Waals surface area contributed by atoms with E-state index < -0.39 is 11.4 Å². The predicted octanol–water partition coefficient (Wildman–Crippen LogP) is 3.71. The lowest BCUT2D eigenvalue weighted by Gasteiger charge is -2.27. The lowest BCUT2D eigenvalue weighted by atomic mass is 9.84. The smallest absolute Gasteiger partial charge is 0.237 e. The van der Waals surface area contributed by atoms with Gasteiger partial charge in [0, 0.05) is 41.8 Å². The zero-order valence-electron chi connectivity index (χ0n) is 20.8. The zero-order valence-corrected chi connectivity index (χ0v) is 20.8. The Morgan fingerprint density at radius 2 is 1.73 bits per heavy atom. The highest BCUT2D eigenvalue weighted by atomic mass is 16.1. The monoisotopic (exact) mass is 493 g/mol. The zero-order chi connectivity index (χ0) is 25.8. The van der Waals surface area contributed by atoms with Crippen LogP contribution in [0.15, 0.2) is 85.3 Å². The molecule has 0 bridgehead atoms. The fourth-order valence-corrected chi connectivity index (χ4v) is 4.84. The number of para-hydroxylation sites is 1. The first-order chi connectivity index (χ1) is 17.9. The molecule has 3 heterocycles. The number of rotatable bonds is 10. The second kappa shape index (κ2) is 10.4. The molecule has 2 atom stereocenters. The Kier molecular flexibility index (Phi) is 6.83. The molecule has 1 unspecified atom stereocenters.